The lowest BCUT2D eigenvalue weighted by molar-refractivity contribution is 0.494. The molecule has 4 aromatic rings. The van der Waals surface area contributed by atoms with E-state index in [1.807, 2.05) is 23.0 Å². The highest BCUT2D eigenvalue weighted by Crippen LogP contribution is 2.36. The van der Waals surface area contributed by atoms with Crippen molar-refractivity contribution in [1.29, 1.82) is 0 Å². The monoisotopic (exact) mass is 457 g/mol. The maximum atomic E-state index is 6.48. The van der Waals surface area contributed by atoms with Gasteiger partial charge in [-0.1, -0.05) is 31.0 Å². The average molecular weight is 458 g/mol. The molecule has 34 heavy (non-hydrogen) atoms. The minimum absolute atomic E-state index is 0.253. The lowest BCUT2D eigenvalue weighted by Crippen LogP contribution is -2.40. The van der Waals surface area contributed by atoms with Gasteiger partial charge in [0.2, 0.25) is 5.95 Å². The van der Waals surface area contributed by atoms with E-state index < -0.39 is 0 Å². The van der Waals surface area contributed by atoms with Gasteiger partial charge in [-0.05, 0) is 43.4 Å². The molecular weight excluding hydrogens is 426 g/mol. The SMILES string of the molecule is Nc1nc(N2CCC(N)CC2)nc2c1nc(Cc1ccccc1-n1cccn1)n2C1CCCC1. The zero-order chi connectivity index (χ0) is 23.1. The van der Waals surface area contributed by atoms with Gasteiger partial charge in [0.25, 0.3) is 0 Å². The number of rotatable bonds is 5. The molecule has 4 heterocycles. The Bertz CT molecular complexity index is 1280. The van der Waals surface area contributed by atoms with Gasteiger partial charge in [0.1, 0.15) is 5.82 Å². The van der Waals surface area contributed by atoms with Gasteiger partial charge >= 0.3 is 0 Å². The summed E-state index contributed by atoms with van der Waals surface area (Å²) in [6, 6.07) is 10.9. The summed E-state index contributed by atoms with van der Waals surface area (Å²) in [5, 5.41) is 4.45. The van der Waals surface area contributed by atoms with Crippen molar-refractivity contribution in [2.24, 2.45) is 5.73 Å². The average Bonchev–Trinajstić information content (AvgIpc) is 3.61. The first-order valence-electron chi connectivity index (χ1n) is 12.3. The van der Waals surface area contributed by atoms with Crippen LogP contribution in [0.1, 0.15) is 56.0 Å². The third-order valence-corrected chi connectivity index (χ3v) is 7.23. The van der Waals surface area contributed by atoms with Crippen LogP contribution >= 0.6 is 0 Å². The zero-order valence-electron chi connectivity index (χ0n) is 19.3. The number of piperidine rings is 1. The highest BCUT2D eigenvalue weighted by molar-refractivity contribution is 5.84. The summed E-state index contributed by atoms with van der Waals surface area (Å²) >= 11 is 0. The Hall–Kier alpha value is -3.46. The molecule has 1 saturated carbocycles. The molecular formula is C25H31N9. The van der Waals surface area contributed by atoms with E-state index in [0.29, 0.717) is 29.7 Å². The lowest BCUT2D eigenvalue weighted by Gasteiger charge is -2.30. The van der Waals surface area contributed by atoms with Crippen LogP contribution in [0.15, 0.2) is 42.7 Å². The number of nitrogens with zero attached hydrogens (tertiary/aromatic N) is 7. The smallest absolute Gasteiger partial charge is 0.229 e. The summed E-state index contributed by atoms with van der Waals surface area (Å²) in [7, 11) is 0. The fourth-order valence-corrected chi connectivity index (χ4v) is 5.41. The Kier molecular flexibility index (Phi) is 5.41. The number of fused-ring (bicyclic) bond motifs is 1. The summed E-state index contributed by atoms with van der Waals surface area (Å²) in [6.45, 7) is 1.71. The number of aromatic nitrogens is 6. The maximum Gasteiger partial charge on any atom is 0.229 e. The molecule has 3 aromatic heterocycles. The number of nitrogen functional groups attached to an aromatic ring is 1. The third kappa shape index (κ3) is 3.79. The number of hydrogen-bond donors (Lipinski definition) is 2. The first kappa shape index (κ1) is 21.1. The van der Waals surface area contributed by atoms with Crippen LogP contribution in [0.4, 0.5) is 11.8 Å². The molecule has 2 aliphatic rings. The largest absolute Gasteiger partial charge is 0.382 e. The third-order valence-electron chi connectivity index (χ3n) is 7.23. The Morgan fingerprint density at radius 1 is 0.941 bits per heavy atom. The van der Waals surface area contributed by atoms with Crippen molar-refractivity contribution in [2.45, 2.75) is 57.0 Å². The van der Waals surface area contributed by atoms with Gasteiger partial charge < -0.3 is 20.9 Å². The van der Waals surface area contributed by atoms with E-state index >= 15 is 0 Å². The van der Waals surface area contributed by atoms with E-state index in [4.69, 9.17) is 21.4 Å². The predicted octanol–water partition coefficient (Wildman–Crippen LogP) is 3.23. The predicted molar refractivity (Wildman–Crippen MR) is 133 cm³/mol. The summed E-state index contributed by atoms with van der Waals surface area (Å²) in [5.41, 5.74) is 16.4. The Labute approximate surface area is 198 Å². The highest BCUT2D eigenvalue weighted by atomic mass is 15.3. The first-order valence-corrected chi connectivity index (χ1v) is 12.3. The van der Waals surface area contributed by atoms with Crippen molar-refractivity contribution in [1.82, 2.24) is 29.3 Å². The molecule has 6 rings (SSSR count). The second kappa shape index (κ2) is 8.72. The number of hydrogen-bond acceptors (Lipinski definition) is 7. The Morgan fingerprint density at radius 3 is 2.50 bits per heavy atom. The van der Waals surface area contributed by atoms with Gasteiger partial charge in [0.15, 0.2) is 17.0 Å². The number of anilines is 2. The first-order chi connectivity index (χ1) is 16.7. The minimum Gasteiger partial charge on any atom is -0.382 e. The lowest BCUT2D eigenvalue weighted by atomic mass is 10.1. The molecule has 4 N–H and O–H groups in total. The summed E-state index contributed by atoms with van der Waals surface area (Å²) in [6.07, 6.45) is 11.1. The zero-order valence-corrected chi connectivity index (χ0v) is 19.3. The molecule has 0 spiro atoms. The second-order valence-electron chi connectivity index (χ2n) is 9.50. The molecule has 9 nitrogen and oxygen atoms in total. The van der Waals surface area contributed by atoms with E-state index in [9.17, 15) is 0 Å². The number of para-hydroxylation sites is 1. The van der Waals surface area contributed by atoms with Crippen LogP contribution in [0.25, 0.3) is 16.9 Å². The number of imidazole rings is 1. The molecule has 0 atom stereocenters. The highest BCUT2D eigenvalue weighted by Gasteiger charge is 2.27. The van der Waals surface area contributed by atoms with Gasteiger partial charge in [-0.3, -0.25) is 0 Å². The molecule has 0 radical (unpaired) electrons. The summed E-state index contributed by atoms with van der Waals surface area (Å²) < 4.78 is 4.25. The number of nitrogens with two attached hydrogens (primary N) is 2. The van der Waals surface area contributed by atoms with Crippen molar-refractivity contribution in [2.75, 3.05) is 23.7 Å². The summed E-state index contributed by atoms with van der Waals surface area (Å²) in [4.78, 5) is 16.9. The Morgan fingerprint density at radius 2 is 1.74 bits per heavy atom. The van der Waals surface area contributed by atoms with E-state index in [0.717, 1.165) is 61.5 Å². The van der Waals surface area contributed by atoms with E-state index in [-0.39, 0.29) is 6.04 Å². The fraction of sp³-hybridized carbons (Fsp3) is 0.440. The van der Waals surface area contributed by atoms with Crippen LogP contribution in [0.2, 0.25) is 0 Å². The van der Waals surface area contributed by atoms with Gasteiger partial charge in [0.05, 0.1) is 5.69 Å². The van der Waals surface area contributed by atoms with Crippen LogP contribution in [0.3, 0.4) is 0 Å². The maximum absolute atomic E-state index is 6.48. The van der Waals surface area contributed by atoms with Gasteiger partial charge in [-0.2, -0.15) is 15.1 Å². The van der Waals surface area contributed by atoms with Gasteiger partial charge in [-0.25, -0.2) is 9.67 Å². The van der Waals surface area contributed by atoms with Crippen LogP contribution in [-0.4, -0.2) is 48.4 Å². The van der Waals surface area contributed by atoms with E-state index in [1.165, 1.54) is 12.8 Å². The molecule has 0 unspecified atom stereocenters. The van der Waals surface area contributed by atoms with Crippen LogP contribution in [-0.2, 0) is 6.42 Å². The molecule has 1 aromatic carbocycles. The van der Waals surface area contributed by atoms with Crippen LogP contribution < -0.4 is 16.4 Å². The number of benzene rings is 1. The quantitative estimate of drug-likeness (QED) is 0.472. The van der Waals surface area contributed by atoms with Crippen molar-refractivity contribution >= 4 is 22.9 Å². The van der Waals surface area contributed by atoms with Crippen molar-refractivity contribution in [3.8, 4) is 5.69 Å². The molecule has 176 valence electrons. The second-order valence-corrected chi connectivity index (χ2v) is 9.50. The molecule has 1 aliphatic carbocycles. The fourth-order valence-electron chi connectivity index (χ4n) is 5.41. The minimum atomic E-state index is 0.253. The molecule has 0 amide bonds. The standard InChI is InChI=1S/C25H31N9/c26-18-10-14-32(15-11-18)25-30-23(27)22-24(31-25)34(19-7-2-3-8-19)21(29-22)16-17-6-1-4-9-20(17)33-13-5-12-28-33/h1,4-6,9,12-13,18-19H,2-3,7-8,10-11,14-16,26H2,(H2,27,30,31). The van der Waals surface area contributed by atoms with Gasteiger partial charge in [-0.15, -0.1) is 0 Å². The van der Waals surface area contributed by atoms with E-state index in [1.54, 1.807) is 6.20 Å². The Balaban J connectivity index is 1.45. The van der Waals surface area contributed by atoms with Crippen molar-refractivity contribution < 1.29 is 0 Å². The van der Waals surface area contributed by atoms with Crippen molar-refractivity contribution in [3.63, 3.8) is 0 Å². The van der Waals surface area contributed by atoms with Crippen LogP contribution in [0, 0.1) is 0 Å². The van der Waals surface area contributed by atoms with Gasteiger partial charge in [0, 0.05) is 44.0 Å². The van der Waals surface area contributed by atoms with Crippen molar-refractivity contribution in [3.05, 3.63) is 54.1 Å². The topological polar surface area (TPSA) is 117 Å². The summed E-state index contributed by atoms with van der Waals surface area (Å²) in [5.74, 6) is 2.13. The van der Waals surface area contributed by atoms with E-state index in [2.05, 4.69) is 37.7 Å². The molecule has 9 heteroatoms. The molecule has 0 bridgehead atoms. The molecule has 1 aliphatic heterocycles. The van der Waals surface area contributed by atoms with Crippen LogP contribution in [0.5, 0.6) is 0 Å². The molecule has 1 saturated heterocycles. The molecule has 2 fully saturated rings. The normalized spacial score (nSPS) is 17.7.